The Kier molecular flexibility index (Phi) is 3.58. The summed E-state index contributed by atoms with van der Waals surface area (Å²) in [4.78, 5) is 14.9. The highest BCUT2D eigenvalue weighted by atomic mass is 16.5. The van der Waals surface area contributed by atoms with Gasteiger partial charge in [-0.15, -0.1) is 0 Å². The molecular weight excluding hydrogens is 220 g/mol. The minimum Gasteiger partial charge on any atom is -0.476 e. The number of ether oxygens (including phenoxy) is 1. The molecule has 92 valence electrons. The van der Waals surface area contributed by atoms with Crippen molar-refractivity contribution in [1.29, 1.82) is 0 Å². The summed E-state index contributed by atoms with van der Waals surface area (Å²) >= 11 is 0. The van der Waals surface area contributed by atoms with E-state index in [0.717, 1.165) is 12.8 Å². The van der Waals surface area contributed by atoms with Gasteiger partial charge in [-0.25, -0.2) is 9.78 Å². The third-order valence-corrected chi connectivity index (χ3v) is 2.86. The molecule has 1 aliphatic rings. The fourth-order valence-corrected chi connectivity index (χ4v) is 2.04. The van der Waals surface area contributed by atoms with E-state index in [0.29, 0.717) is 12.3 Å². The highest BCUT2D eigenvalue weighted by Crippen LogP contribution is 2.20. The van der Waals surface area contributed by atoms with Gasteiger partial charge in [0.1, 0.15) is 0 Å². The van der Waals surface area contributed by atoms with Crippen LogP contribution < -0.4 is 5.32 Å². The number of anilines is 1. The van der Waals surface area contributed by atoms with Crippen molar-refractivity contribution >= 4 is 11.7 Å². The van der Waals surface area contributed by atoms with Crippen LogP contribution in [0.5, 0.6) is 0 Å². The van der Waals surface area contributed by atoms with Crippen LogP contribution >= 0.6 is 0 Å². The van der Waals surface area contributed by atoms with E-state index in [1.54, 1.807) is 12.1 Å². The molecule has 0 aliphatic carbocycles. The fourth-order valence-electron chi connectivity index (χ4n) is 2.04. The molecule has 2 N–H and O–H groups in total. The number of aromatic carboxylic acids is 1. The standard InChI is InChI=1S/C12H16N2O3/c1-8-7-9(4-6-17-8)14-10-3-2-5-13-11(10)12(15)16/h2-3,5,8-9,14H,4,6-7H2,1H3,(H,15,16). The molecule has 17 heavy (non-hydrogen) atoms. The number of hydrogen-bond donors (Lipinski definition) is 2. The molecule has 0 radical (unpaired) electrons. The molecule has 5 heteroatoms. The Bertz CT molecular complexity index is 408. The number of carboxylic acid groups (broad SMARTS) is 1. The van der Waals surface area contributed by atoms with Crippen molar-refractivity contribution in [2.45, 2.75) is 31.9 Å². The lowest BCUT2D eigenvalue weighted by Crippen LogP contribution is -2.33. The van der Waals surface area contributed by atoms with Crippen molar-refractivity contribution in [3.8, 4) is 0 Å². The fraction of sp³-hybridized carbons (Fsp3) is 0.500. The normalized spacial score (nSPS) is 24.3. The van der Waals surface area contributed by atoms with Gasteiger partial charge >= 0.3 is 5.97 Å². The lowest BCUT2D eigenvalue weighted by atomic mass is 10.0. The molecule has 1 aliphatic heterocycles. The first kappa shape index (κ1) is 11.9. The smallest absolute Gasteiger partial charge is 0.356 e. The molecule has 2 atom stereocenters. The number of aromatic nitrogens is 1. The van der Waals surface area contributed by atoms with Crippen LogP contribution in [0.1, 0.15) is 30.3 Å². The molecule has 0 bridgehead atoms. The zero-order chi connectivity index (χ0) is 12.3. The van der Waals surface area contributed by atoms with Gasteiger partial charge in [0, 0.05) is 18.8 Å². The van der Waals surface area contributed by atoms with E-state index < -0.39 is 5.97 Å². The predicted octanol–water partition coefficient (Wildman–Crippen LogP) is 1.76. The summed E-state index contributed by atoms with van der Waals surface area (Å²) in [5, 5.41) is 12.3. The van der Waals surface area contributed by atoms with Gasteiger partial charge in [0.05, 0.1) is 11.8 Å². The Morgan fingerprint density at radius 3 is 3.18 bits per heavy atom. The van der Waals surface area contributed by atoms with Gasteiger partial charge < -0.3 is 15.2 Å². The van der Waals surface area contributed by atoms with Crippen molar-refractivity contribution in [2.75, 3.05) is 11.9 Å². The number of hydrogen-bond acceptors (Lipinski definition) is 4. The molecule has 1 aromatic rings. The Morgan fingerprint density at radius 2 is 2.47 bits per heavy atom. The third kappa shape index (κ3) is 2.94. The van der Waals surface area contributed by atoms with E-state index in [4.69, 9.17) is 9.84 Å². The van der Waals surface area contributed by atoms with Crippen LogP contribution in [0.3, 0.4) is 0 Å². The van der Waals surface area contributed by atoms with Crippen LogP contribution in [-0.4, -0.2) is 34.8 Å². The lowest BCUT2D eigenvalue weighted by molar-refractivity contribution is 0.0232. The predicted molar refractivity (Wildman–Crippen MR) is 63.3 cm³/mol. The molecule has 1 fully saturated rings. The number of rotatable bonds is 3. The van der Waals surface area contributed by atoms with E-state index >= 15 is 0 Å². The topological polar surface area (TPSA) is 71.5 Å². The summed E-state index contributed by atoms with van der Waals surface area (Å²) in [5.41, 5.74) is 0.658. The van der Waals surface area contributed by atoms with Gasteiger partial charge in [-0.2, -0.15) is 0 Å². The van der Waals surface area contributed by atoms with Crippen LogP contribution in [-0.2, 0) is 4.74 Å². The second-order valence-electron chi connectivity index (χ2n) is 4.25. The molecule has 0 aromatic carbocycles. The maximum Gasteiger partial charge on any atom is 0.356 e. The van der Waals surface area contributed by atoms with Crippen molar-refractivity contribution < 1.29 is 14.6 Å². The van der Waals surface area contributed by atoms with E-state index in [1.165, 1.54) is 6.20 Å². The molecule has 2 heterocycles. The monoisotopic (exact) mass is 236 g/mol. The van der Waals surface area contributed by atoms with Crippen LogP contribution in [0.15, 0.2) is 18.3 Å². The van der Waals surface area contributed by atoms with Crippen molar-refractivity contribution in [3.63, 3.8) is 0 Å². The van der Waals surface area contributed by atoms with Crippen molar-refractivity contribution in [3.05, 3.63) is 24.0 Å². The van der Waals surface area contributed by atoms with Crippen molar-refractivity contribution in [1.82, 2.24) is 4.98 Å². The van der Waals surface area contributed by atoms with Crippen LogP contribution in [0, 0.1) is 0 Å². The van der Waals surface area contributed by atoms with E-state index in [-0.39, 0.29) is 17.8 Å². The minimum absolute atomic E-state index is 0.0756. The van der Waals surface area contributed by atoms with E-state index in [1.807, 2.05) is 6.92 Å². The van der Waals surface area contributed by atoms with Gasteiger partial charge in [-0.05, 0) is 31.9 Å². The van der Waals surface area contributed by atoms with E-state index in [9.17, 15) is 4.79 Å². The largest absolute Gasteiger partial charge is 0.476 e. The SMILES string of the molecule is CC1CC(Nc2cccnc2C(=O)O)CCO1. The second kappa shape index (κ2) is 5.14. The Balaban J connectivity index is 2.10. The number of nitrogens with one attached hydrogen (secondary N) is 1. The molecule has 5 nitrogen and oxygen atoms in total. The van der Waals surface area contributed by atoms with Gasteiger partial charge in [-0.1, -0.05) is 0 Å². The first-order chi connectivity index (χ1) is 8.16. The summed E-state index contributed by atoms with van der Waals surface area (Å²) in [7, 11) is 0. The van der Waals surface area contributed by atoms with Gasteiger partial charge in [0.15, 0.2) is 5.69 Å². The average Bonchev–Trinajstić information content (AvgIpc) is 2.29. The number of pyridine rings is 1. The number of carboxylic acids is 1. The van der Waals surface area contributed by atoms with Crippen LogP contribution in [0.4, 0.5) is 5.69 Å². The maximum absolute atomic E-state index is 11.0. The molecule has 0 spiro atoms. The summed E-state index contributed by atoms with van der Waals surface area (Å²) in [6.45, 7) is 2.73. The van der Waals surface area contributed by atoms with Crippen LogP contribution in [0.2, 0.25) is 0 Å². The number of carbonyl (C=O) groups is 1. The Hall–Kier alpha value is -1.62. The lowest BCUT2D eigenvalue weighted by Gasteiger charge is -2.28. The van der Waals surface area contributed by atoms with Gasteiger partial charge in [0.25, 0.3) is 0 Å². The van der Waals surface area contributed by atoms with Gasteiger partial charge in [0.2, 0.25) is 0 Å². The quantitative estimate of drug-likeness (QED) is 0.836. The minimum atomic E-state index is -1.01. The highest BCUT2D eigenvalue weighted by molar-refractivity contribution is 5.91. The molecule has 0 amide bonds. The molecule has 2 rings (SSSR count). The first-order valence-electron chi connectivity index (χ1n) is 5.73. The molecule has 2 unspecified atom stereocenters. The highest BCUT2D eigenvalue weighted by Gasteiger charge is 2.21. The third-order valence-electron chi connectivity index (χ3n) is 2.86. The maximum atomic E-state index is 11.0. The Morgan fingerprint density at radius 1 is 1.65 bits per heavy atom. The summed E-state index contributed by atoms with van der Waals surface area (Å²) in [5.74, 6) is -1.01. The van der Waals surface area contributed by atoms with Crippen molar-refractivity contribution in [2.24, 2.45) is 0 Å². The average molecular weight is 236 g/mol. The summed E-state index contributed by atoms with van der Waals surface area (Å²) in [6, 6.07) is 3.73. The Labute approximate surface area is 99.8 Å². The summed E-state index contributed by atoms with van der Waals surface area (Å²) in [6.07, 6.45) is 3.47. The van der Waals surface area contributed by atoms with E-state index in [2.05, 4.69) is 10.3 Å². The zero-order valence-corrected chi connectivity index (χ0v) is 9.72. The number of nitrogens with zero attached hydrogens (tertiary/aromatic N) is 1. The molecule has 1 aromatic heterocycles. The molecular formula is C12H16N2O3. The summed E-state index contributed by atoms with van der Waals surface area (Å²) < 4.78 is 5.45. The van der Waals surface area contributed by atoms with Crippen LogP contribution in [0.25, 0.3) is 0 Å². The second-order valence-corrected chi connectivity index (χ2v) is 4.25. The first-order valence-corrected chi connectivity index (χ1v) is 5.73. The molecule has 0 saturated carbocycles. The molecule has 1 saturated heterocycles. The van der Waals surface area contributed by atoms with Gasteiger partial charge in [-0.3, -0.25) is 0 Å². The zero-order valence-electron chi connectivity index (χ0n) is 9.72.